The van der Waals surface area contributed by atoms with Crippen LogP contribution in [0.15, 0.2) is 18.2 Å². The van der Waals surface area contributed by atoms with Crippen LogP contribution in [0, 0.1) is 0 Å². The van der Waals surface area contributed by atoms with Crippen molar-refractivity contribution in [2.75, 3.05) is 11.4 Å². The van der Waals surface area contributed by atoms with E-state index in [0.29, 0.717) is 6.54 Å². The third kappa shape index (κ3) is 1.70. The smallest absolute Gasteiger partial charge is 0.243 e. The molecular weight excluding hydrogens is 204 g/mol. The van der Waals surface area contributed by atoms with Crippen LogP contribution in [-0.2, 0) is 17.8 Å². The summed E-state index contributed by atoms with van der Waals surface area (Å²) in [5.74, 6) is -0.0613. The zero-order valence-electron chi connectivity index (χ0n) is 9.31. The van der Waals surface area contributed by atoms with E-state index in [1.54, 1.807) is 11.8 Å². The fourth-order valence-electron chi connectivity index (χ4n) is 2.13. The fourth-order valence-corrected chi connectivity index (χ4v) is 2.13. The zero-order valence-corrected chi connectivity index (χ0v) is 9.31. The number of nitrogens with two attached hydrogens (primary N) is 1. The number of rotatable bonds is 2. The van der Waals surface area contributed by atoms with E-state index in [1.807, 2.05) is 18.2 Å². The van der Waals surface area contributed by atoms with Crippen molar-refractivity contribution in [2.45, 2.75) is 26.0 Å². The van der Waals surface area contributed by atoms with Gasteiger partial charge >= 0.3 is 0 Å². The third-order valence-corrected chi connectivity index (χ3v) is 2.95. The Labute approximate surface area is 94.7 Å². The van der Waals surface area contributed by atoms with E-state index in [4.69, 9.17) is 5.73 Å². The minimum atomic E-state index is -0.483. The normalized spacial score (nSPS) is 16.1. The highest BCUT2D eigenvalue weighted by Gasteiger charge is 2.27. The summed E-state index contributed by atoms with van der Waals surface area (Å²) in [6, 6.07) is 5.17. The molecule has 0 aromatic heterocycles. The first kappa shape index (κ1) is 11.1. The highest BCUT2D eigenvalue weighted by Crippen LogP contribution is 2.30. The number of aliphatic hydroxyl groups excluding tert-OH is 1. The van der Waals surface area contributed by atoms with Gasteiger partial charge in [-0.05, 0) is 30.5 Å². The number of nitrogens with zero attached hydrogens (tertiary/aromatic N) is 1. The highest BCUT2D eigenvalue weighted by atomic mass is 16.3. The number of carbonyl (C=O) groups is 1. The number of carbonyl (C=O) groups excluding carboxylic acids is 1. The van der Waals surface area contributed by atoms with Gasteiger partial charge in [0.15, 0.2) is 0 Å². The van der Waals surface area contributed by atoms with Gasteiger partial charge in [-0.1, -0.05) is 12.1 Å². The second-order valence-electron chi connectivity index (χ2n) is 4.10. The Balaban J connectivity index is 2.37. The Hall–Kier alpha value is -1.39. The molecule has 0 fully saturated rings. The monoisotopic (exact) mass is 220 g/mol. The summed E-state index contributed by atoms with van der Waals surface area (Å²) in [4.78, 5) is 13.6. The number of fused-ring (bicyclic) bond motifs is 1. The molecule has 0 spiro atoms. The molecule has 0 bridgehead atoms. The lowest BCUT2D eigenvalue weighted by Crippen LogP contribution is -2.41. The van der Waals surface area contributed by atoms with Crippen molar-refractivity contribution in [2.24, 2.45) is 5.73 Å². The van der Waals surface area contributed by atoms with Crippen molar-refractivity contribution < 1.29 is 9.90 Å². The summed E-state index contributed by atoms with van der Waals surface area (Å²) < 4.78 is 0. The van der Waals surface area contributed by atoms with E-state index >= 15 is 0 Å². The second-order valence-corrected chi connectivity index (χ2v) is 4.10. The van der Waals surface area contributed by atoms with Gasteiger partial charge in [-0.25, -0.2) is 0 Å². The molecule has 1 atom stereocenters. The minimum absolute atomic E-state index is 0.0172. The lowest BCUT2D eigenvalue weighted by Gasteiger charge is -2.19. The van der Waals surface area contributed by atoms with Gasteiger partial charge in [-0.3, -0.25) is 4.79 Å². The van der Waals surface area contributed by atoms with E-state index in [9.17, 15) is 9.90 Å². The maximum Gasteiger partial charge on any atom is 0.243 e. The van der Waals surface area contributed by atoms with Crippen molar-refractivity contribution in [3.05, 3.63) is 29.3 Å². The molecule has 0 saturated carbocycles. The van der Waals surface area contributed by atoms with Crippen LogP contribution in [0.25, 0.3) is 0 Å². The van der Waals surface area contributed by atoms with Crippen LogP contribution in [0.5, 0.6) is 0 Å². The predicted octanol–water partition coefficient (Wildman–Crippen LogP) is 0.415. The summed E-state index contributed by atoms with van der Waals surface area (Å²) in [7, 11) is 0. The number of amides is 1. The van der Waals surface area contributed by atoms with Crippen molar-refractivity contribution in [3.8, 4) is 0 Å². The van der Waals surface area contributed by atoms with E-state index in [2.05, 4.69) is 0 Å². The highest BCUT2D eigenvalue weighted by molar-refractivity contribution is 5.98. The second kappa shape index (κ2) is 4.23. The van der Waals surface area contributed by atoms with Crippen LogP contribution in [-0.4, -0.2) is 23.6 Å². The van der Waals surface area contributed by atoms with Crippen molar-refractivity contribution in [1.29, 1.82) is 0 Å². The number of benzene rings is 1. The Bertz CT molecular complexity index is 415. The fraction of sp³-hybridized carbons (Fsp3) is 0.417. The molecule has 1 aromatic carbocycles. The standard InChI is InChI=1S/C12H16N2O2/c1-8(13)12(16)14-6-5-10-9(7-15)3-2-4-11(10)14/h2-4,8,15H,5-7,13H2,1H3. The van der Waals surface area contributed by atoms with Crippen molar-refractivity contribution in [3.63, 3.8) is 0 Å². The molecule has 1 heterocycles. The number of anilines is 1. The molecule has 2 rings (SSSR count). The molecule has 86 valence electrons. The van der Waals surface area contributed by atoms with Gasteiger partial charge in [0.25, 0.3) is 0 Å². The minimum Gasteiger partial charge on any atom is -0.392 e. The first-order valence-corrected chi connectivity index (χ1v) is 5.43. The summed E-state index contributed by atoms with van der Waals surface area (Å²) in [5, 5.41) is 9.21. The molecule has 4 nitrogen and oxygen atoms in total. The largest absolute Gasteiger partial charge is 0.392 e. The van der Waals surface area contributed by atoms with Crippen LogP contribution in [0.4, 0.5) is 5.69 Å². The van der Waals surface area contributed by atoms with Crippen LogP contribution >= 0.6 is 0 Å². The van der Waals surface area contributed by atoms with Crippen LogP contribution in [0.2, 0.25) is 0 Å². The Morgan fingerprint density at radius 1 is 1.62 bits per heavy atom. The third-order valence-electron chi connectivity index (χ3n) is 2.95. The summed E-state index contributed by atoms with van der Waals surface area (Å²) in [6.45, 7) is 2.37. The number of hydrogen-bond acceptors (Lipinski definition) is 3. The van der Waals surface area contributed by atoms with Gasteiger partial charge in [-0.2, -0.15) is 0 Å². The van der Waals surface area contributed by atoms with Crippen molar-refractivity contribution >= 4 is 11.6 Å². The molecular formula is C12H16N2O2. The molecule has 0 aliphatic carbocycles. The lowest BCUT2D eigenvalue weighted by atomic mass is 10.1. The summed E-state index contributed by atoms with van der Waals surface area (Å²) in [6.07, 6.45) is 0.796. The molecule has 0 radical (unpaired) electrons. The van der Waals surface area contributed by atoms with Crippen LogP contribution < -0.4 is 10.6 Å². The molecule has 0 saturated heterocycles. The number of aliphatic hydroxyl groups is 1. The summed E-state index contributed by atoms with van der Waals surface area (Å²) >= 11 is 0. The van der Waals surface area contributed by atoms with Gasteiger partial charge in [0.05, 0.1) is 12.6 Å². The maximum absolute atomic E-state index is 11.8. The van der Waals surface area contributed by atoms with Gasteiger partial charge in [-0.15, -0.1) is 0 Å². The molecule has 1 aliphatic rings. The molecule has 1 aromatic rings. The average molecular weight is 220 g/mol. The summed E-state index contributed by atoms with van der Waals surface area (Å²) in [5.41, 5.74) is 8.47. The molecule has 4 heteroatoms. The average Bonchev–Trinajstić information content (AvgIpc) is 2.71. The Kier molecular flexibility index (Phi) is 2.94. The van der Waals surface area contributed by atoms with E-state index in [-0.39, 0.29) is 12.5 Å². The molecule has 3 N–H and O–H groups in total. The molecule has 16 heavy (non-hydrogen) atoms. The Morgan fingerprint density at radius 2 is 2.38 bits per heavy atom. The quantitative estimate of drug-likeness (QED) is 0.759. The van der Waals surface area contributed by atoms with E-state index < -0.39 is 6.04 Å². The van der Waals surface area contributed by atoms with Crippen LogP contribution in [0.1, 0.15) is 18.1 Å². The predicted molar refractivity (Wildman–Crippen MR) is 62.1 cm³/mol. The maximum atomic E-state index is 11.8. The molecule has 1 amide bonds. The van der Waals surface area contributed by atoms with E-state index in [1.165, 1.54) is 0 Å². The number of hydrogen-bond donors (Lipinski definition) is 2. The van der Waals surface area contributed by atoms with Crippen LogP contribution in [0.3, 0.4) is 0 Å². The van der Waals surface area contributed by atoms with Crippen molar-refractivity contribution in [1.82, 2.24) is 0 Å². The zero-order chi connectivity index (χ0) is 11.7. The first-order chi connectivity index (χ1) is 7.65. The SMILES string of the molecule is CC(N)C(=O)N1CCc2c(CO)cccc21. The first-order valence-electron chi connectivity index (χ1n) is 5.43. The molecule has 1 unspecified atom stereocenters. The Morgan fingerprint density at radius 3 is 3.00 bits per heavy atom. The molecule has 1 aliphatic heterocycles. The lowest BCUT2D eigenvalue weighted by molar-refractivity contribution is -0.119. The van der Waals surface area contributed by atoms with Gasteiger partial charge < -0.3 is 15.7 Å². The van der Waals surface area contributed by atoms with E-state index in [0.717, 1.165) is 23.2 Å². The van der Waals surface area contributed by atoms with Gasteiger partial charge in [0, 0.05) is 12.2 Å². The van der Waals surface area contributed by atoms with Gasteiger partial charge in [0.1, 0.15) is 0 Å². The van der Waals surface area contributed by atoms with Gasteiger partial charge in [0.2, 0.25) is 5.91 Å². The topological polar surface area (TPSA) is 66.6 Å².